The summed E-state index contributed by atoms with van der Waals surface area (Å²) in [6.45, 7) is 2.05. The van der Waals surface area contributed by atoms with Crippen molar-refractivity contribution in [3.8, 4) is 0 Å². The topological polar surface area (TPSA) is 74.8 Å². The zero-order valence-electron chi connectivity index (χ0n) is 12.5. The molecule has 1 amide bonds. The quantitative estimate of drug-likeness (QED) is 0.578. The SMILES string of the molecule is CCSCc1cc(=O)[nH]c(SCC(=O)Nc2ccccc2Cl)n1. The predicted molar refractivity (Wildman–Crippen MR) is 97.5 cm³/mol. The van der Waals surface area contributed by atoms with E-state index < -0.39 is 0 Å². The molecular formula is C15H16ClN3O2S2. The maximum absolute atomic E-state index is 12.0. The Morgan fingerprint density at radius 1 is 1.39 bits per heavy atom. The van der Waals surface area contributed by atoms with Crippen LogP contribution >= 0.6 is 35.1 Å². The first-order valence-electron chi connectivity index (χ1n) is 6.93. The number of aromatic nitrogens is 2. The van der Waals surface area contributed by atoms with Crippen LogP contribution in [0.25, 0.3) is 0 Å². The Morgan fingerprint density at radius 3 is 2.91 bits per heavy atom. The number of para-hydroxylation sites is 1. The van der Waals surface area contributed by atoms with E-state index in [1.807, 2.05) is 6.92 Å². The van der Waals surface area contributed by atoms with Crippen molar-refractivity contribution in [1.29, 1.82) is 0 Å². The second-order valence-electron chi connectivity index (χ2n) is 4.50. The van der Waals surface area contributed by atoms with Gasteiger partial charge in [-0.2, -0.15) is 11.8 Å². The van der Waals surface area contributed by atoms with Crippen LogP contribution in [0.2, 0.25) is 5.02 Å². The van der Waals surface area contributed by atoms with Gasteiger partial charge in [0.2, 0.25) is 5.91 Å². The lowest BCUT2D eigenvalue weighted by Gasteiger charge is -2.07. The molecule has 0 unspecified atom stereocenters. The number of H-pyrrole nitrogens is 1. The predicted octanol–water partition coefficient (Wildman–Crippen LogP) is 3.41. The van der Waals surface area contributed by atoms with E-state index in [1.54, 1.807) is 36.0 Å². The number of benzene rings is 1. The van der Waals surface area contributed by atoms with E-state index >= 15 is 0 Å². The van der Waals surface area contributed by atoms with Crippen molar-refractivity contribution >= 4 is 46.7 Å². The number of anilines is 1. The standard InChI is InChI=1S/C15H16ClN3O2S2/c1-2-22-8-10-7-13(20)19-15(17-10)23-9-14(21)18-12-6-4-3-5-11(12)16/h3-7H,2,8-9H2,1H3,(H,18,21)(H,17,19,20). The summed E-state index contributed by atoms with van der Waals surface area (Å²) in [5.74, 6) is 1.56. The third-order valence-corrected chi connectivity index (χ3v) is 4.83. The van der Waals surface area contributed by atoms with Crippen LogP contribution in [0.15, 0.2) is 40.3 Å². The average molecular weight is 370 g/mol. The molecule has 23 heavy (non-hydrogen) atoms. The van der Waals surface area contributed by atoms with Gasteiger partial charge in [0.05, 0.1) is 22.2 Å². The summed E-state index contributed by atoms with van der Waals surface area (Å²) in [4.78, 5) is 30.6. The molecule has 8 heteroatoms. The maximum Gasteiger partial charge on any atom is 0.251 e. The normalized spacial score (nSPS) is 10.5. The van der Waals surface area contributed by atoms with Gasteiger partial charge in [-0.25, -0.2) is 4.98 Å². The molecule has 0 spiro atoms. The van der Waals surface area contributed by atoms with Crippen LogP contribution in [0, 0.1) is 0 Å². The highest BCUT2D eigenvalue weighted by Gasteiger charge is 2.08. The molecule has 1 aromatic heterocycles. The largest absolute Gasteiger partial charge is 0.324 e. The maximum atomic E-state index is 12.0. The molecule has 0 saturated carbocycles. The highest BCUT2D eigenvalue weighted by molar-refractivity contribution is 7.99. The van der Waals surface area contributed by atoms with Gasteiger partial charge in [-0.3, -0.25) is 9.59 Å². The van der Waals surface area contributed by atoms with Gasteiger partial charge in [0, 0.05) is 11.8 Å². The van der Waals surface area contributed by atoms with Gasteiger partial charge in [0.25, 0.3) is 5.56 Å². The van der Waals surface area contributed by atoms with Crippen molar-refractivity contribution < 1.29 is 4.79 Å². The number of carbonyl (C=O) groups is 1. The van der Waals surface area contributed by atoms with E-state index in [0.29, 0.717) is 21.6 Å². The molecule has 2 rings (SSSR count). The number of carbonyl (C=O) groups excluding carboxylic acids is 1. The molecule has 2 aromatic rings. The molecular weight excluding hydrogens is 354 g/mol. The molecule has 122 valence electrons. The molecule has 1 heterocycles. The van der Waals surface area contributed by atoms with Gasteiger partial charge in [0.1, 0.15) is 0 Å². The Labute approximate surface area is 147 Å². The van der Waals surface area contributed by atoms with Crippen LogP contribution in [0.4, 0.5) is 5.69 Å². The summed E-state index contributed by atoms with van der Waals surface area (Å²) in [6.07, 6.45) is 0. The molecule has 2 N–H and O–H groups in total. The molecule has 1 aromatic carbocycles. The third-order valence-electron chi connectivity index (χ3n) is 2.71. The summed E-state index contributed by atoms with van der Waals surface area (Å²) in [6, 6.07) is 8.51. The summed E-state index contributed by atoms with van der Waals surface area (Å²) >= 11 is 8.86. The number of hydrogen-bond acceptors (Lipinski definition) is 5. The second kappa shape index (κ2) is 9.00. The number of thioether (sulfide) groups is 2. The van der Waals surface area contributed by atoms with Crippen molar-refractivity contribution in [2.45, 2.75) is 17.8 Å². The van der Waals surface area contributed by atoms with E-state index in [9.17, 15) is 9.59 Å². The lowest BCUT2D eigenvalue weighted by molar-refractivity contribution is -0.113. The van der Waals surface area contributed by atoms with E-state index in [-0.39, 0.29) is 17.2 Å². The number of aromatic amines is 1. The van der Waals surface area contributed by atoms with Crippen LogP contribution in [0.5, 0.6) is 0 Å². The van der Waals surface area contributed by atoms with Gasteiger partial charge in [0.15, 0.2) is 5.16 Å². The second-order valence-corrected chi connectivity index (χ2v) is 7.14. The van der Waals surface area contributed by atoms with Crippen LogP contribution < -0.4 is 10.9 Å². The fourth-order valence-corrected chi connectivity index (χ4v) is 3.15. The highest BCUT2D eigenvalue weighted by Crippen LogP contribution is 2.21. The molecule has 0 aliphatic carbocycles. The van der Waals surface area contributed by atoms with Gasteiger partial charge >= 0.3 is 0 Å². The zero-order chi connectivity index (χ0) is 16.7. The summed E-state index contributed by atoms with van der Waals surface area (Å²) in [7, 11) is 0. The number of amides is 1. The average Bonchev–Trinajstić information content (AvgIpc) is 2.53. The molecule has 0 fully saturated rings. The molecule has 0 aliphatic rings. The van der Waals surface area contributed by atoms with Crippen molar-refractivity contribution in [3.05, 3.63) is 51.4 Å². The molecule has 5 nitrogen and oxygen atoms in total. The lowest BCUT2D eigenvalue weighted by atomic mass is 10.3. The van der Waals surface area contributed by atoms with Crippen LogP contribution in [-0.2, 0) is 10.5 Å². The summed E-state index contributed by atoms with van der Waals surface area (Å²) in [5.41, 5.74) is 1.07. The van der Waals surface area contributed by atoms with Gasteiger partial charge < -0.3 is 10.3 Å². The van der Waals surface area contributed by atoms with Crippen molar-refractivity contribution in [3.63, 3.8) is 0 Å². The minimum atomic E-state index is -0.209. The Kier molecular flexibility index (Phi) is 7.01. The van der Waals surface area contributed by atoms with Gasteiger partial charge in [-0.05, 0) is 17.9 Å². The number of halogens is 1. The van der Waals surface area contributed by atoms with Crippen LogP contribution in [0.3, 0.4) is 0 Å². The van der Waals surface area contributed by atoms with Crippen LogP contribution in [-0.4, -0.2) is 27.4 Å². The van der Waals surface area contributed by atoms with E-state index in [4.69, 9.17) is 11.6 Å². The first-order chi connectivity index (χ1) is 11.1. The molecule has 0 bridgehead atoms. The number of nitrogens with one attached hydrogen (secondary N) is 2. The van der Waals surface area contributed by atoms with E-state index in [2.05, 4.69) is 15.3 Å². The highest BCUT2D eigenvalue weighted by atomic mass is 35.5. The van der Waals surface area contributed by atoms with Gasteiger partial charge in [-0.15, -0.1) is 0 Å². The van der Waals surface area contributed by atoms with Gasteiger partial charge in [-0.1, -0.05) is 42.4 Å². The zero-order valence-corrected chi connectivity index (χ0v) is 14.9. The lowest BCUT2D eigenvalue weighted by Crippen LogP contribution is -2.16. The summed E-state index contributed by atoms with van der Waals surface area (Å²) in [5, 5.41) is 3.65. The number of nitrogens with zero attached hydrogens (tertiary/aromatic N) is 1. The molecule has 0 aliphatic heterocycles. The number of rotatable bonds is 7. The third kappa shape index (κ3) is 5.93. The Hall–Kier alpha value is -1.44. The van der Waals surface area contributed by atoms with Crippen LogP contribution in [0.1, 0.15) is 12.6 Å². The minimum Gasteiger partial charge on any atom is -0.324 e. The first kappa shape index (κ1) is 17.9. The fourth-order valence-electron chi connectivity index (χ4n) is 1.72. The Balaban J connectivity index is 1.95. The first-order valence-corrected chi connectivity index (χ1v) is 9.45. The Morgan fingerprint density at radius 2 is 2.17 bits per heavy atom. The molecule has 0 saturated heterocycles. The van der Waals surface area contributed by atoms with E-state index in [1.165, 1.54) is 17.8 Å². The van der Waals surface area contributed by atoms with Crippen molar-refractivity contribution in [1.82, 2.24) is 9.97 Å². The fraction of sp³-hybridized carbons (Fsp3) is 0.267. The van der Waals surface area contributed by atoms with Crippen molar-refractivity contribution in [2.75, 3.05) is 16.8 Å². The molecule has 0 atom stereocenters. The summed E-state index contributed by atoms with van der Waals surface area (Å²) < 4.78 is 0. The molecule has 0 radical (unpaired) electrons. The Bertz CT molecular complexity index is 737. The minimum absolute atomic E-state index is 0.137. The monoisotopic (exact) mass is 369 g/mol. The van der Waals surface area contributed by atoms with Crippen molar-refractivity contribution in [2.24, 2.45) is 0 Å². The van der Waals surface area contributed by atoms with E-state index in [0.717, 1.165) is 11.4 Å². The number of hydrogen-bond donors (Lipinski definition) is 2. The smallest absolute Gasteiger partial charge is 0.251 e.